The fourth-order valence-electron chi connectivity index (χ4n) is 1.38. The van der Waals surface area contributed by atoms with Crippen LogP contribution < -0.4 is 9.46 Å². The lowest BCUT2D eigenvalue weighted by atomic mass is 10.3. The summed E-state index contributed by atoms with van der Waals surface area (Å²) >= 11 is 0. The lowest BCUT2D eigenvalue weighted by Gasteiger charge is -2.11. The standard InChI is InChI=1S/C13H15F3N2O6S/c1-18(2)11(19)8-23-12(20)7-17-25(21,22)10-5-3-9(4-6-10)24-13(14,15)16/h3-6,17H,7-8H2,1-2H3. The molecular weight excluding hydrogens is 369 g/mol. The Morgan fingerprint density at radius 1 is 1.16 bits per heavy atom. The van der Waals surface area contributed by atoms with Gasteiger partial charge < -0.3 is 14.4 Å². The van der Waals surface area contributed by atoms with Gasteiger partial charge in [0.05, 0.1) is 4.90 Å². The molecule has 25 heavy (non-hydrogen) atoms. The molecule has 0 saturated heterocycles. The van der Waals surface area contributed by atoms with Gasteiger partial charge >= 0.3 is 12.3 Å². The minimum Gasteiger partial charge on any atom is -0.455 e. The van der Waals surface area contributed by atoms with Crippen molar-refractivity contribution in [3.8, 4) is 5.75 Å². The largest absolute Gasteiger partial charge is 0.573 e. The molecule has 0 aliphatic carbocycles. The summed E-state index contributed by atoms with van der Waals surface area (Å²) in [7, 11) is -1.25. The first-order chi connectivity index (χ1) is 11.4. The second kappa shape index (κ2) is 8.16. The molecule has 1 aromatic rings. The Bertz CT molecular complexity index is 716. The molecule has 0 spiro atoms. The molecule has 0 atom stereocenters. The van der Waals surface area contributed by atoms with Crippen molar-refractivity contribution in [2.24, 2.45) is 0 Å². The highest BCUT2D eigenvalue weighted by Gasteiger charge is 2.31. The maximum atomic E-state index is 12.0. The third kappa shape index (κ3) is 7.39. The summed E-state index contributed by atoms with van der Waals surface area (Å²) in [5, 5.41) is 0. The second-order valence-corrected chi connectivity index (χ2v) is 6.56. The number of benzene rings is 1. The second-order valence-electron chi connectivity index (χ2n) is 4.79. The van der Waals surface area contributed by atoms with E-state index >= 15 is 0 Å². The van der Waals surface area contributed by atoms with E-state index in [0.717, 1.165) is 24.3 Å². The molecule has 0 bridgehead atoms. The third-order valence-electron chi connectivity index (χ3n) is 2.63. The summed E-state index contributed by atoms with van der Waals surface area (Å²) in [5.41, 5.74) is 0. The number of halogens is 3. The zero-order chi connectivity index (χ0) is 19.3. The summed E-state index contributed by atoms with van der Waals surface area (Å²) in [6.07, 6.45) is -4.90. The van der Waals surface area contributed by atoms with Gasteiger partial charge in [0.1, 0.15) is 12.3 Å². The predicted octanol–water partition coefficient (Wildman–Crippen LogP) is 0.495. The molecule has 0 unspecified atom stereocenters. The van der Waals surface area contributed by atoms with Crippen molar-refractivity contribution in [3.63, 3.8) is 0 Å². The maximum Gasteiger partial charge on any atom is 0.573 e. The topological polar surface area (TPSA) is 102 Å². The first kappa shape index (κ1) is 20.7. The summed E-state index contributed by atoms with van der Waals surface area (Å²) < 4.78 is 70.0. The smallest absolute Gasteiger partial charge is 0.455 e. The van der Waals surface area contributed by atoms with Crippen molar-refractivity contribution in [1.29, 1.82) is 0 Å². The van der Waals surface area contributed by atoms with Crippen LogP contribution >= 0.6 is 0 Å². The van der Waals surface area contributed by atoms with Gasteiger partial charge in [0.25, 0.3) is 5.91 Å². The molecule has 8 nitrogen and oxygen atoms in total. The molecule has 0 fully saturated rings. The van der Waals surface area contributed by atoms with E-state index in [-0.39, 0.29) is 4.90 Å². The fourth-order valence-corrected chi connectivity index (χ4v) is 2.35. The van der Waals surface area contributed by atoms with E-state index in [1.165, 1.54) is 19.0 Å². The zero-order valence-corrected chi connectivity index (χ0v) is 14.0. The van der Waals surface area contributed by atoms with E-state index in [1.807, 2.05) is 4.72 Å². The number of likely N-dealkylation sites (N-methyl/N-ethyl adjacent to an activating group) is 1. The van der Waals surface area contributed by atoms with Gasteiger partial charge in [-0.3, -0.25) is 9.59 Å². The van der Waals surface area contributed by atoms with Crippen LogP contribution in [0.1, 0.15) is 0 Å². The first-order valence-corrected chi connectivity index (χ1v) is 8.10. The van der Waals surface area contributed by atoms with Crippen molar-refractivity contribution in [2.45, 2.75) is 11.3 Å². The van der Waals surface area contributed by atoms with Crippen LogP contribution in [0.4, 0.5) is 13.2 Å². The van der Waals surface area contributed by atoms with Crippen LogP contribution in [0.15, 0.2) is 29.2 Å². The van der Waals surface area contributed by atoms with Crippen LogP contribution in [0.25, 0.3) is 0 Å². The number of carbonyl (C=O) groups excluding carboxylic acids is 2. The van der Waals surface area contributed by atoms with E-state index in [0.29, 0.717) is 0 Å². The van der Waals surface area contributed by atoms with E-state index in [9.17, 15) is 31.2 Å². The monoisotopic (exact) mass is 384 g/mol. The highest BCUT2D eigenvalue weighted by molar-refractivity contribution is 7.89. The molecule has 0 heterocycles. The molecule has 0 aromatic heterocycles. The Hall–Kier alpha value is -2.34. The van der Waals surface area contributed by atoms with Crippen molar-refractivity contribution < 1.29 is 40.7 Å². The zero-order valence-electron chi connectivity index (χ0n) is 13.2. The molecular formula is C13H15F3N2O6S. The van der Waals surface area contributed by atoms with Gasteiger partial charge in [-0.2, -0.15) is 4.72 Å². The van der Waals surface area contributed by atoms with Gasteiger partial charge in [0, 0.05) is 14.1 Å². The molecule has 0 saturated carbocycles. The molecule has 0 radical (unpaired) electrons. The number of alkyl halides is 3. The minimum absolute atomic E-state index is 0.376. The molecule has 1 N–H and O–H groups in total. The molecule has 0 aliphatic heterocycles. The number of nitrogens with one attached hydrogen (secondary N) is 1. The quantitative estimate of drug-likeness (QED) is 0.687. The summed E-state index contributed by atoms with van der Waals surface area (Å²) in [5.74, 6) is -2.07. The number of ether oxygens (including phenoxy) is 2. The van der Waals surface area contributed by atoms with E-state index < -0.39 is 47.2 Å². The number of esters is 1. The Labute approximate surface area is 141 Å². The van der Waals surface area contributed by atoms with Crippen LogP contribution in [-0.2, 0) is 24.3 Å². The van der Waals surface area contributed by atoms with Gasteiger partial charge in [0.15, 0.2) is 6.61 Å². The Morgan fingerprint density at radius 2 is 1.72 bits per heavy atom. The molecule has 12 heteroatoms. The fraction of sp³-hybridized carbons (Fsp3) is 0.385. The van der Waals surface area contributed by atoms with E-state index in [1.54, 1.807) is 0 Å². The molecule has 1 aromatic carbocycles. The first-order valence-electron chi connectivity index (χ1n) is 6.62. The molecule has 1 amide bonds. The van der Waals surface area contributed by atoms with Gasteiger partial charge in [-0.25, -0.2) is 8.42 Å². The lowest BCUT2D eigenvalue weighted by Crippen LogP contribution is -2.33. The van der Waals surface area contributed by atoms with Crippen molar-refractivity contribution >= 4 is 21.9 Å². The average Bonchev–Trinajstić information content (AvgIpc) is 2.49. The molecule has 140 valence electrons. The minimum atomic E-state index is -4.90. The lowest BCUT2D eigenvalue weighted by molar-refractivity contribution is -0.274. The molecule has 0 aliphatic rings. The highest BCUT2D eigenvalue weighted by Crippen LogP contribution is 2.23. The highest BCUT2D eigenvalue weighted by atomic mass is 32.2. The van der Waals surface area contributed by atoms with Gasteiger partial charge in [-0.05, 0) is 24.3 Å². The number of rotatable bonds is 7. The Balaban J connectivity index is 2.60. The number of carbonyl (C=O) groups is 2. The summed E-state index contributed by atoms with van der Waals surface area (Å²) in [6, 6.07) is 3.39. The number of hydrogen-bond acceptors (Lipinski definition) is 6. The Kier molecular flexibility index (Phi) is 6.76. The van der Waals surface area contributed by atoms with Crippen molar-refractivity contribution in [2.75, 3.05) is 27.2 Å². The van der Waals surface area contributed by atoms with Crippen LogP contribution in [0, 0.1) is 0 Å². The van der Waals surface area contributed by atoms with E-state index in [2.05, 4.69) is 9.47 Å². The van der Waals surface area contributed by atoms with Crippen LogP contribution in [0.3, 0.4) is 0 Å². The van der Waals surface area contributed by atoms with Crippen molar-refractivity contribution in [3.05, 3.63) is 24.3 Å². The third-order valence-corrected chi connectivity index (χ3v) is 4.05. The summed E-state index contributed by atoms with van der Waals surface area (Å²) in [6.45, 7) is -1.29. The predicted molar refractivity (Wildman–Crippen MR) is 78.0 cm³/mol. The number of amides is 1. The van der Waals surface area contributed by atoms with Crippen LogP contribution in [-0.4, -0.2) is 58.8 Å². The average molecular weight is 384 g/mol. The number of nitrogens with zero attached hydrogens (tertiary/aromatic N) is 1. The van der Waals surface area contributed by atoms with Gasteiger partial charge in [-0.15, -0.1) is 13.2 Å². The Morgan fingerprint density at radius 3 is 2.20 bits per heavy atom. The summed E-state index contributed by atoms with van der Waals surface area (Å²) in [4.78, 5) is 23.4. The number of sulfonamides is 1. The SMILES string of the molecule is CN(C)C(=O)COC(=O)CNS(=O)(=O)c1ccc(OC(F)(F)F)cc1. The normalized spacial score (nSPS) is 11.7. The van der Waals surface area contributed by atoms with Crippen LogP contribution in [0.5, 0.6) is 5.75 Å². The molecule has 1 rings (SSSR count). The maximum absolute atomic E-state index is 12.0. The van der Waals surface area contributed by atoms with E-state index in [4.69, 9.17) is 0 Å². The van der Waals surface area contributed by atoms with Crippen LogP contribution in [0.2, 0.25) is 0 Å². The number of hydrogen-bond donors (Lipinski definition) is 1. The van der Waals surface area contributed by atoms with Crippen molar-refractivity contribution in [1.82, 2.24) is 9.62 Å². The van der Waals surface area contributed by atoms with Gasteiger partial charge in [0.2, 0.25) is 10.0 Å². The van der Waals surface area contributed by atoms with Gasteiger partial charge in [-0.1, -0.05) is 0 Å².